The number of amides is 2. The van der Waals surface area contributed by atoms with Crippen LogP contribution in [0.3, 0.4) is 0 Å². The number of allylic oxidation sites excluding steroid dienone is 2. The first kappa shape index (κ1) is 40.5. The van der Waals surface area contributed by atoms with Crippen LogP contribution in [0.1, 0.15) is 104 Å². The van der Waals surface area contributed by atoms with E-state index in [1.54, 1.807) is 0 Å². The summed E-state index contributed by atoms with van der Waals surface area (Å²) < 4.78 is -1.73. The first-order valence-electron chi connectivity index (χ1n) is 19.3. The second kappa shape index (κ2) is 15.4. The molecule has 0 aliphatic heterocycles. The Labute approximate surface area is 331 Å². The van der Waals surface area contributed by atoms with Gasteiger partial charge in [0, 0.05) is 0 Å². The van der Waals surface area contributed by atoms with Crippen molar-refractivity contribution in [1.82, 2.24) is 10.5 Å². The number of rotatable bonds is 13. The molecule has 2 aliphatic rings. The van der Waals surface area contributed by atoms with Gasteiger partial charge in [0.2, 0.25) is 0 Å². The fraction of sp³-hybridized carbons (Fsp3) is 0.348. The summed E-state index contributed by atoms with van der Waals surface area (Å²) in [7, 11) is 17.5. The minimum absolute atomic E-state index is 0.311. The normalized spacial score (nSPS) is 17.0. The molecule has 0 spiro atoms. The first-order chi connectivity index (χ1) is 25.5. The Morgan fingerprint density at radius 1 is 0.630 bits per heavy atom. The van der Waals surface area contributed by atoms with E-state index in [1.165, 1.54) is 55.7 Å². The number of carbonyl (C=O) groups excluding carboxylic acids is 2. The van der Waals surface area contributed by atoms with Gasteiger partial charge in [-0.1, -0.05) is 0 Å². The maximum atomic E-state index is 12.6. The molecule has 0 saturated carbocycles. The van der Waals surface area contributed by atoms with Crippen LogP contribution in [0.5, 0.6) is 0 Å². The molecular weight excluding hydrogens is 873 g/mol. The summed E-state index contributed by atoms with van der Waals surface area (Å²) in [5.74, 6) is 0.622. The van der Waals surface area contributed by atoms with E-state index in [4.69, 9.17) is 17.2 Å². The Bertz CT molecular complexity index is 2070. The predicted molar refractivity (Wildman–Crippen MR) is 228 cm³/mol. The quantitative estimate of drug-likeness (QED) is 0.104. The van der Waals surface area contributed by atoms with Crippen molar-refractivity contribution >= 4 is 46.7 Å². The number of carbonyl (C=O) groups is 2. The van der Waals surface area contributed by atoms with Gasteiger partial charge in [-0.15, -0.1) is 0 Å². The van der Waals surface area contributed by atoms with Crippen LogP contribution in [0.4, 0.5) is 0 Å². The molecule has 2 atom stereocenters. The molecule has 0 heterocycles. The monoisotopic (exact) mass is 927 g/mol. The zero-order valence-corrected chi connectivity index (χ0v) is 38.6. The van der Waals surface area contributed by atoms with Crippen molar-refractivity contribution in [2.75, 3.05) is 0 Å². The Morgan fingerprint density at radius 2 is 1.02 bits per heavy atom. The van der Waals surface area contributed by atoms with Crippen LogP contribution >= 0.6 is 17.2 Å². The van der Waals surface area contributed by atoms with E-state index < -0.39 is 27.8 Å². The van der Waals surface area contributed by atoms with Gasteiger partial charge in [0.1, 0.15) is 0 Å². The van der Waals surface area contributed by atoms with E-state index >= 15 is 0 Å². The van der Waals surface area contributed by atoms with Crippen molar-refractivity contribution in [3.63, 3.8) is 0 Å². The van der Waals surface area contributed by atoms with Crippen LogP contribution in [-0.4, -0.2) is 17.4 Å². The molecule has 2 unspecified atom stereocenters. The van der Waals surface area contributed by atoms with Gasteiger partial charge in [-0.25, -0.2) is 0 Å². The fourth-order valence-corrected chi connectivity index (χ4v) is 39.1. The zero-order chi connectivity index (χ0) is 39.3. The van der Waals surface area contributed by atoms with Crippen molar-refractivity contribution in [2.24, 2.45) is 11.8 Å². The average molecular weight is 927 g/mol. The van der Waals surface area contributed by atoms with Gasteiger partial charge in [-0.3, -0.25) is 0 Å². The Kier molecular flexibility index (Phi) is 11.5. The summed E-state index contributed by atoms with van der Waals surface area (Å²) in [5.41, 5.74) is 18.8. The van der Waals surface area contributed by atoms with Crippen LogP contribution in [0.2, 0.25) is 0 Å². The van der Waals surface area contributed by atoms with Crippen molar-refractivity contribution in [2.45, 2.75) is 89.4 Å². The van der Waals surface area contributed by atoms with Crippen LogP contribution in [0.25, 0.3) is 34.4 Å². The van der Waals surface area contributed by atoms with Crippen LogP contribution in [-0.2, 0) is 25.5 Å². The van der Waals surface area contributed by atoms with E-state index in [-0.39, 0.29) is 0 Å². The average Bonchev–Trinajstić information content (AvgIpc) is 3.66. The third-order valence-electron chi connectivity index (χ3n) is 11.9. The van der Waals surface area contributed by atoms with Crippen LogP contribution < -0.4 is 10.5 Å². The summed E-state index contributed by atoms with van der Waals surface area (Å²) in [4.78, 5) is 25.2. The van der Waals surface area contributed by atoms with E-state index in [0.717, 1.165) is 46.2 Å². The molecule has 0 radical (unpaired) electrons. The van der Waals surface area contributed by atoms with Crippen molar-refractivity contribution in [3.8, 4) is 22.3 Å². The Balaban J connectivity index is 1.71. The van der Waals surface area contributed by atoms with Gasteiger partial charge < -0.3 is 0 Å². The molecule has 0 aromatic heterocycles. The number of halogens is 2. The molecule has 6 rings (SSSR count). The molecule has 2 amide bonds. The van der Waals surface area contributed by atoms with E-state index in [9.17, 15) is 9.59 Å². The summed E-state index contributed by atoms with van der Waals surface area (Å²) in [6, 6.07) is 22.0. The molecule has 54 heavy (non-hydrogen) atoms. The molecule has 4 aromatic carbocycles. The summed E-state index contributed by atoms with van der Waals surface area (Å²) in [5, 5.41) is 6.05. The summed E-state index contributed by atoms with van der Waals surface area (Å²) in [6.45, 7) is 21.9. The molecule has 0 fully saturated rings. The van der Waals surface area contributed by atoms with E-state index in [1.807, 2.05) is 0 Å². The van der Waals surface area contributed by atoms with Crippen molar-refractivity contribution < 1.29 is 25.5 Å². The maximum absolute atomic E-state index is 12.6. The van der Waals surface area contributed by atoms with Crippen molar-refractivity contribution in [3.05, 3.63) is 127 Å². The number of hydrogen-bond donors (Lipinski definition) is 2. The third-order valence-corrected chi connectivity index (χ3v) is 40.6. The van der Waals surface area contributed by atoms with Gasteiger partial charge in [-0.2, -0.15) is 0 Å². The van der Waals surface area contributed by atoms with Crippen LogP contribution in [0.15, 0.2) is 71.8 Å². The second-order valence-electron chi connectivity index (χ2n) is 16.9. The number of fused-ring (bicyclic) bond motifs is 2. The number of aryl methyl sites for hydroxylation is 4. The molecule has 4 nitrogen and oxygen atoms in total. The van der Waals surface area contributed by atoms with E-state index in [2.05, 4.69) is 153 Å². The molecule has 0 saturated heterocycles. The standard InChI is InChI=1S/2C22H25.C2H3BN2O2.2ClH.Hf/c2*1-14(2)9-18-12-19-7-6-8-20(22(19)13-18)21-11-15(3)10-16(4)17(21)5;6-1-4-3-5-2-7;;;/h2*6-8,10-14H,9H2,1-5H3;1-2H,(H-,4,5,6,7);2*1H;/q;;;;;+1/p-1. The first-order valence-corrected chi connectivity index (χ1v) is 34.4. The third kappa shape index (κ3) is 6.94. The molecule has 2 N–H and O–H groups in total. The molecule has 8 heteroatoms. The Hall–Kier alpha value is -3.18. The van der Waals surface area contributed by atoms with Gasteiger partial charge in [-0.05, 0) is 0 Å². The SMILES string of the molecule is Cc1cc(C)c(C)c(-c2cccc3c2C=C(CC(C)C)[CH]3[Hf]([Cl])([Cl])([B](NC=O)NC=O)[CH]2C(CC(C)C)=Cc3c(-c4cc(C)cc(C)c4C)cccc32)c1. The molecule has 0 bridgehead atoms. The fourth-order valence-electron chi connectivity index (χ4n) is 9.64. The summed E-state index contributed by atoms with van der Waals surface area (Å²) >= 11 is -6.10. The van der Waals surface area contributed by atoms with Crippen LogP contribution in [0, 0.1) is 53.4 Å². The molecular formula is C46H54BCl2HfN2O2. The second-order valence-corrected chi connectivity index (χ2v) is 47.3. The van der Waals surface area contributed by atoms with E-state index in [0.29, 0.717) is 24.7 Å². The summed E-state index contributed by atoms with van der Waals surface area (Å²) in [6.07, 6.45) is 7.52. The molecule has 281 valence electrons. The van der Waals surface area contributed by atoms with Gasteiger partial charge in [0.25, 0.3) is 0 Å². The van der Waals surface area contributed by atoms with Gasteiger partial charge >= 0.3 is 334 Å². The van der Waals surface area contributed by atoms with Gasteiger partial charge in [0.15, 0.2) is 0 Å². The van der Waals surface area contributed by atoms with Gasteiger partial charge in [0.05, 0.1) is 0 Å². The number of hydrogen-bond acceptors (Lipinski definition) is 2. The molecule has 2 aliphatic carbocycles. The van der Waals surface area contributed by atoms with Crippen molar-refractivity contribution in [1.29, 1.82) is 0 Å². The Morgan fingerprint density at radius 3 is 1.37 bits per heavy atom. The topological polar surface area (TPSA) is 58.2 Å². The number of nitrogens with one attached hydrogen (secondary N) is 2. The minimum atomic E-state index is -6.10. The number of benzene rings is 4. The predicted octanol–water partition coefficient (Wildman–Crippen LogP) is 12.0. The zero-order valence-electron chi connectivity index (χ0n) is 33.5. The molecule has 4 aromatic rings.